The molecule has 2 aromatic rings. The van der Waals surface area contributed by atoms with Crippen LogP contribution in [0.4, 0.5) is 0 Å². The summed E-state index contributed by atoms with van der Waals surface area (Å²) in [6.07, 6.45) is 1.97. The van der Waals surface area contributed by atoms with Gasteiger partial charge in [0, 0.05) is 24.9 Å². The van der Waals surface area contributed by atoms with Gasteiger partial charge in [-0.3, -0.25) is 14.4 Å². The van der Waals surface area contributed by atoms with Crippen molar-refractivity contribution >= 4 is 16.7 Å². The molecular weight excluding hydrogens is 250 g/mol. The first-order valence-corrected chi connectivity index (χ1v) is 7.28. The zero-order valence-corrected chi connectivity index (χ0v) is 12.2. The van der Waals surface area contributed by atoms with Gasteiger partial charge in [-0.15, -0.1) is 0 Å². The third kappa shape index (κ3) is 2.48. The van der Waals surface area contributed by atoms with Crippen molar-refractivity contribution in [1.29, 1.82) is 0 Å². The molecule has 0 bridgehead atoms. The second-order valence-corrected chi connectivity index (χ2v) is 5.75. The van der Waals surface area contributed by atoms with Crippen molar-refractivity contribution in [3.63, 3.8) is 0 Å². The van der Waals surface area contributed by atoms with E-state index in [1.165, 1.54) is 10.9 Å². The molecule has 1 fully saturated rings. The molecular formula is C16H21N3O. The Morgan fingerprint density at radius 1 is 1.30 bits per heavy atom. The van der Waals surface area contributed by atoms with Crippen LogP contribution in [0.15, 0.2) is 24.3 Å². The zero-order chi connectivity index (χ0) is 14.1. The highest BCUT2D eigenvalue weighted by Gasteiger charge is 2.23. The number of ketones is 1. The van der Waals surface area contributed by atoms with Crippen LogP contribution in [0.5, 0.6) is 0 Å². The van der Waals surface area contributed by atoms with Gasteiger partial charge in [0.05, 0.1) is 11.2 Å². The summed E-state index contributed by atoms with van der Waals surface area (Å²) < 4.78 is 1.95. The van der Waals surface area contributed by atoms with Gasteiger partial charge >= 0.3 is 0 Å². The van der Waals surface area contributed by atoms with E-state index in [4.69, 9.17) is 0 Å². The summed E-state index contributed by atoms with van der Waals surface area (Å²) in [7, 11) is 1.99. The fraction of sp³-hybridized carbons (Fsp3) is 0.500. The van der Waals surface area contributed by atoms with E-state index in [9.17, 15) is 4.79 Å². The summed E-state index contributed by atoms with van der Waals surface area (Å²) in [5, 5.41) is 5.89. The molecule has 4 heteroatoms. The van der Waals surface area contributed by atoms with Crippen LogP contribution >= 0.6 is 0 Å². The van der Waals surface area contributed by atoms with Crippen LogP contribution in [-0.4, -0.2) is 33.6 Å². The average molecular weight is 271 g/mol. The number of Topliss-reactive ketones (excluding diaryl/α,β-unsaturated/α-hetero) is 1. The second kappa shape index (κ2) is 5.37. The number of carbonyl (C=O) groups excluding carboxylic acids is 1. The molecule has 1 aliphatic heterocycles. The largest absolute Gasteiger partial charge is 0.300 e. The van der Waals surface area contributed by atoms with Gasteiger partial charge in [-0.25, -0.2) is 0 Å². The number of likely N-dealkylation sites (tertiary alicyclic amines) is 1. The molecule has 1 saturated heterocycles. The van der Waals surface area contributed by atoms with Crippen LogP contribution in [-0.2, 0) is 18.4 Å². The Morgan fingerprint density at radius 3 is 2.70 bits per heavy atom. The van der Waals surface area contributed by atoms with E-state index >= 15 is 0 Å². The SMILES string of the molecule is CC(=O)C1CCN(Cc2nn(C)c3ccccc23)CC1. The molecule has 0 aliphatic carbocycles. The van der Waals surface area contributed by atoms with Gasteiger partial charge in [-0.05, 0) is 38.9 Å². The summed E-state index contributed by atoms with van der Waals surface area (Å²) >= 11 is 0. The number of rotatable bonds is 3. The van der Waals surface area contributed by atoms with Crippen molar-refractivity contribution < 1.29 is 4.79 Å². The topological polar surface area (TPSA) is 38.1 Å². The first kappa shape index (κ1) is 13.3. The van der Waals surface area contributed by atoms with E-state index in [-0.39, 0.29) is 5.92 Å². The monoisotopic (exact) mass is 271 g/mol. The van der Waals surface area contributed by atoms with Crippen molar-refractivity contribution in [2.24, 2.45) is 13.0 Å². The number of para-hydroxylation sites is 1. The number of aromatic nitrogens is 2. The molecule has 1 aromatic heterocycles. The van der Waals surface area contributed by atoms with E-state index < -0.39 is 0 Å². The molecule has 4 nitrogen and oxygen atoms in total. The molecule has 106 valence electrons. The van der Waals surface area contributed by atoms with Crippen molar-refractivity contribution in [3.05, 3.63) is 30.0 Å². The fourth-order valence-electron chi connectivity index (χ4n) is 3.11. The summed E-state index contributed by atoms with van der Waals surface area (Å²) in [5.74, 6) is 0.611. The molecule has 0 saturated carbocycles. The van der Waals surface area contributed by atoms with Crippen LogP contribution < -0.4 is 0 Å². The van der Waals surface area contributed by atoms with Crippen LogP contribution in [0.2, 0.25) is 0 Å². The van der Waals surface area contributed by atoms with Gasteiger partial charge < -0.3 is 0 Å². The van der Waals surface area contributed by atoms with Crippen molar-refractivity contribution in [2.75, 3.05) is 13.1 Å². The highest BCUT2D eigenvalue weighted by Crippen LogP contribution is 2.23. The number of piperidine rings is 1. The van der Waals surface area contributed by atoms with Gasteiger partial charge in [-0.2, -0.15) is 5.10 Å². The predicted octanol–water partition coefficient (Wildman–Crippen LogP) is 2.37. The molecule has 2 heterocycles. The number of benzene rings is 1. The number of fused-ring (bicyclic) bond motifs is 1. The third-order valence-electron chi connectivity index (χ3n) is 4.37. The Bertz CT molecular complexity index is 624. The van der Waals surface area contributed by atoms with Crippen LogP contribution in [0, 0.1) is 5.92 Å². The Balaban J connectivity index is 1.73. The smallest absolute Gasteiger partial charge is 0.133 e. The van der Waals surface area contributed by atoms with E-state index in [0.29, 0.717) is 5.78 Å². The predicted molar refractivity (Wildman–Crippen MR) is 79.4 cm³/mol. The maximum absolute atomic E-state index is 11.4. The number of hydrogen-bond acceptors (Lipinski definition) is 3. The number of aryl methyl sites for hydroxylation is 1. The molecule has 1 aromatic carbocycles. The van der Waals surface area contributed by atoms with Crippen LogP contribution in [0.1, 0.15) is 25.5 Å². The Labute approximate surface area is 119 Å². The molecule has 1 aliphatic rings. The minimum Gasteiger partial charge on any atom is -0.300 e. The summed E-state index contributed by atoms with van der Waals surface area (Å²) in [5.41, 5.74) is 2.32. The molecule has 0 N–H and O–H groups in total. The van der Waals surface area contributed by atoms with E-state index in [1.54, 1.807) is 6.92 Å². The Morgan fingerprint density at radius 2 is 2.00 bits per heavy atom. The van der Waals surface area contributed by atoms with Gasteiger partial charge in [0.15, 0.2) is 0 Å². The normalized spacial score (nSPS) is 17.7. The van der Waals surface area contributed by atoms with Gasteiger partial charge in [-0.1, -0.05) is 18.2 Å². The Hall–Kier alpha value is -1.68. The summed E-state index contributed by atoms with van der Waals surface area (Å²) in [4.78, 5) is 13.8. The molecule has 0 spiro atoms. The minimum absolute atomic E-state index is 0.270. The van der Waals surface area contributed by atoms with Crippen molar-refractivity contribution in [3.8, 4) is 0 Å². The summed E-state index contributed by atoms with van der Waals surface area (Å²) in [6, 6.07) is 8.36. The molecule has 0 unspecified atom stereocenters. The van der Waals surface area contributed by atoms with Crippen LogP contribution in [0.25, 0.3) is 10.9 Å². The number of carbonyl (C=O) groups is 1. The lowest BCUT2D eigenvalue weighted by Gasteiger charge is -2.30. The van der Waals surface area contributed by atoms with E-state index in [2.05, 4.69) is 28.2 Å². The highest BCUT2D eigenvalue weighted by molar-refractivity contribution is 5.81. The van der Waals surface area contributed by atoms with Crippen LogP contribution in [0.3, 0.4) is 0 Å². The lowest BCUT2D eigenvalue weighted by atomic mass is 9.93. The first-order valence-electron chi connectivity index (χ1n) is 7.28. The lowest BCUT2D eigenvalue weighted by molar-refractivity contribution is -0.122. The van der Waals surface area contributed by atoms with E-state index in [0.717, 1.165) is 38.2 Å². The second-order valence-electron chi connectivity index (χ2n) is 5.75. The molecule has 0 amide bonds. The zero-order valence-electron chi connectivity index (χ0n) is 12.2. The number of nitrogens with zero attached hydrogens (tertiary/aromatic N) is 3. The lowest BCUT2D eigenvalue weighted by Crippen LogP contribution is -2.35. The highest BCUT2D eigenvalue weighted by atomic mass is 16.1. The molecule has 3 rings (SSSR count). The maximum Gasteiger partial charge on any atom is 0.133 e. The van der Waals surface area contributed by atoms with Gasteiger partial charge in [0.25, 0.3) is 0 Å². The number of hydrogen-bond donors (Lipinski definition) is 0. The minimum atomic E-state index is 0.270. The van der Waals surface area contributed by atoms with Crippen molar-refractivity contribution in [2.45, 2.75) is 26.3 Å². The third-order valence-corrected chi connectivity index (χ3v) is 4.37. The summed E-state index contributed by atoms with van der Waals surface area (Å²) in [6.45, 7) is 4.59. The first-order chi connectivity index (χ1) is 9.65. The van der Waals surface area contributed by atoms with Crippen molar-refractivity contribution in [1.82, 2.24) is 14.7 Å². The Kier molecular flexibility index (Phi) is 3.57. The quantitative estimate of drug-likeness (QED) is 0.860. The van der Waals surface area contributed by atoms with E-state index in [1.807, 2.05) is 17.8 Å². The molecule has 0 atom stereocenters. The van der Waals surface area contributed by atoms with Gasteiger partial charge in [0.2, 0.25) is 0 Å². The van der Waals surface area contributed by atoms with Gasteiger partial charge in [0.1, 0.15) is 5.78 Å². The fourth-order valence-corrected chi connectivity index (χ4v) is 3.11. The standard InChI is InChI=1S/C16H21N3O/c1-12(20)13-7-9-19(10-8-13)11-15-14-5-3-4-6-16(14)18(2)17-15/h3-6,13H,7-11H2,1-2H3. The molecule has 0 radical (unpaired) electrons. The average Bonchev–Trinajstić information content (AvgIpc) is 2.77. The molecule has 20 heavy (non-hydrogen) atoms. The maximum atomic E-state index is 11.4.